The third-order valence-electron chi connectivity index (χ3n) is 5.41. The molecule has 1 N–H and O–H groups in total. The molecule has 0 saturated carbocycles. The highest BCUT2D eigenvalue weighted by Gasteiger charge is 2.26. The molecule has 1 atom stereocenters. The summed E-state index contributed by atoms with van der Waals surface area (Å²) in [6, 6.07) is 15.3. The topological polar surface area (TPSA) is 32.3 Å². The van der Waals surface area contributed by atoms with Crippen LogP contribution in [0.15, 0.2) is 42.5 Å². The average molecular weight is 320 g/mol. The fourth-order valence-corrected chi connectivity index (χ4v) is 4.18. The van der Waals surface area contributed by atoms with Gasteiger partial charge in [0.05, 0.1) is 6.54 Å². The fourth-order valence-electron chi connectivity index (χ4n) is 4.18. The summed E-state index contributed by atoms with van der Waals surface area (Å²) in [7, 11) is 2.05. The Balaban J connectivity index is 1.39. The van der Waals surface area contributed by atoms with Gasteiger partial charge in [0.2, 0.25) is 5.91 Å². The Kier molecular flexibility index (Phi) is 4.11. The number of fused-ring (bicyclic) bond motifs is 2. The number of rotatable bonds is 4. The predicted octanol–water partition coefficient (Wildman–Crippen LogP) is 3.73. The van der Waals surface area contributed by atoms with E-state index in [9.17, 15) is 4.79 Å². The number of benzene rings is 2. The fraction of sp³-hybridized carbons (Fsp3) is 0.381. The van der Waals surface area contributed by atoms with Crippen LogP contribution in [0.5, 0.6) is 0 Å². The number of amides is 1. The first-order valence-electron chi connectivity index (χ1n) is 8.90. The standard InChI is InChI=1S/C21H24N2O/c1-23(20-12-10-16-5-2-3-8-19(16)20)14-21(24)22-18-11-9-15-6-4-7-17(15)13-18/h2-3,5,8-9,11,13,20H,4,6-7,10,12,14H2,1H3,(H,22,24). The van der Waals surface area contributed by atoms with Gasteiger partial charge in [0.1, 0.15) is 0 Å². The maximum Gasteiger partial charge on any atom is 0.238 e. The minimum Gasteiger partial charge on any atom is -0.325 e. The van der Waals surface area contributed by atoms with Crippen molar-refractivity contribution in [1.29, 1.82) is 0 Å². The number of hydrogen-bond donors (Lipinski definition) is 1. The largest absolute Gasteiger partial charge is 0.325 e. The van der Waals surface area contributed by atoms with E-state index in [0.717, 1.165) is 24.9 Å². The molecule has 0 spiro atoms. The van der Waals surface area contributed by atoms with Crippen LogP contribution in [0.2, 0.25) is 0 Å². The third-order valence-corrected chi connectivity index (χ3v) is 5.41. The first-order chi connectivity index (χ1) is 11.7. The Morgan fingerprint density at radius 3 is 2.83 bits per heavy atom. The van der Waals surface area contributed by atoms with Crippen molar-refractivity contribution in [2.75, 3.05) is 18.9 Å². The Bertz CT molecular complexity index is 768. The second-order valence-electron chi connectivity index (χ2n) is 7.05. The Hall–Kier alpha value is -2.13. The van der Waals surface area contributed by atoms with Crippen LogP contribution in [-0.4, -0.2) is 24.4 Å². The van der Waals surface area contributed by atoms with Gasteiger partial charge in [-0.3, -0.25) is 9.69 Å². The van der Waals surface area contributed by atoms with Gasteiger partial charge in [-0.15, -0.1) is 0 Å². The summed E-state index contributed by atoms with van der Waals surface area (Å²) in [6.45, 7) is 0.427. The molecule has 0 aromatic heterocycles. The maximum atomic E-state index is 12.4. The molecule has 2 aliphatic rings. The SMILES string of the molecule is CN(CC(=O)Nc1ccc2c(c1)CCC2)C1CCc2ccccc21. The Labute approximate surface area is 143 Å². The number of nitrogens with one attached hydrogen (secondary N) is 1. The quantitative estimate of drug-likeness (QED) is 0.931. The second kappa shape index (κ2) is 6.40. The monoisotopic (exact) mass is 320 g/mol. The van der Waals surface area contributed by atoms with E-state index < -0.39 is 0 Å². The number of nitrogens with zero attached hydrogens (tertiary/aromatic N) is 1. The van der Waals surface area contributed by atoms with Gasteiger partial charge in [-0.1, -0.05) is 30.3 Å². The molecule has 0 saturated heterocycles. The normalized spacial score (nSPS) is 18.5. The van der Waals surface area contributed by atoms with E-state index in [4.69, 9.17) is 0 Å². The van der Waals surface area contributed by atoms with Gasteiger partial charge in [-0.25, -0.2) is 0 Å². The van der Waals surface area contributed by atoms with Gasteiger partial charge in [-0.05, 0) is 73.5 Å². The summed E-state index contributed by atoms with van der Waals surface area (Å²) in [5, 5.41) is 3.07. The van der Waals surface area contributed by atoms with Crippen molar-refractivity contribution in [3.8, 4) is 0 Å². The van der Waals surface area contributed by atoms with Crippen LogP contribution in [0.4, 0.5) is 5.69 Å². The van der Waals surface area contributed by atoms with E-state index in [0.29, 0.717) is 12.6 Å². The summed E-state index contributed by atoms with van der Waals surface area (Å²) in [5.41, 5.74) is 6.57. The Morgan fingerprint density at radius 1 is 1.08 bits per heavy atom. The highest BCUT2D eigenvalue weighted by atomic mass is 16.2. The zero-order valence-corrected chi connectivity index (χ0v) is 14.2. The third kappa shape index (κ3) is 2.96. The van der Waals surface area contributed by atoms with Gasteiger partial charge >= 0.3 is 0 Å². The molecule has 2 aliphatic carbocycles. The lowest BCUT2D eigenvalue weighted by Crippen LogP contribution is -2.32. The molecule has 24 heavy (non-hydrogen) atoms. The molecular formula is C21H24N2O. The van der Waals surface area contributed by atoms with Crippen molar-refractivity contribution < 1.29 is 4.79 Å². The number of anilines is 1. The van der Waals surface area contributed by atoms with Crippen molar-refractivity contribution >= 4 is 11.6 Å². The molecule has 124 valence electrons. The lowest BCUT2D eigenvalue weighted by atomic mass is 10.1. The molecule has 2 aromatic rings. The minimum atomic E-state index is 0.0693. The zero-order chi connectivity index (χ0) is 16.5. The lowest BCUT2D eigenvalue weighted by Gasteiger charge is -2.24. The predicted molar refractivity (Wildman–Crippen MR) is 97.2 cm³/mol. The van der Waals surface area contributed by atoms with Crippen molar-refractivity contribution in [3.63, 3.8) is 0 Å². The molecule has 0 fully saturated rings. The summed E-state index contributed by atoms with van der Waals surface area (Å²) in [4.78, 5) is 14.6. The van der Waals surface area contributed by atoms with Gasteiger partial charge in [-0.2, -0.15) is 0 Å². The number of hydrogen-bond acceptors (Lipinski definition) is 2. The van der Waals surface area contributed by atoms with E-state index in [-0.39, 0.29) is 5.91 Å². The summed E-state index contributed by atoms with van der Waals surface area (Å²) in [6.07, 6.45) is 5.75. The van der Waals surface area contributed by atoms with Crippen molar-refractivity contribution in [2.24, 2.45) is 0 Å². The molecule has 2 aromatic carbocycles. The van der Waals surface area contributed by atoms with Crippen molar-refractivity contribution in [2.45, 2.75) is 38.1 Å². The average Bonchev–Trinajstić information content (AvgIpc) is 3.20. The van der Waals surface area contributed by atoms with Crippen LogP contribution >= 0.6 is 0 Å². The number of carbonyl (C=O) groups is 1. The van der Waals surface area contributed by atoms with Crippen molar-refractivity contribution in [3.05, 3.63) is 64.7 Å². The number of carbonyl (C=O) groups excluding carboxylic acids is 1. The summed E-state index contributed by atoms with van der Waals surface area (Å²) >= 11 is 0. The van der Waals surface area contributed by atoms with E-state index in [2.05, 4.69) is 53.7 Å². The molecule has 1 amide bonds. The second-order valence-corrected chi connectivity index (χ2v) is 7.05. The van der Waals surface area contributed by atoms with Gasteiger partial charge < -0.3 is 5.32 Å². The Morgan fingerprint density at radius 2 is 1.92 bits per heavy atom. The van der Waals surface area contributed by atoms with Crippen molar-refractivity contribution in [1.82, 2.24) is 4.90 Å². The van der Waals surface area contributed by atoms with Gasteiger partial charge in [0, 0.05) is 11.7 Å². The maximum absolute atomic E-state index is 12.4. The minimum absolute atomic E-state index is 0.0693. The smallest absolute Gasteiger partial charge is 0.238 e. The molecule has 1 unspecified atom stereocenters. The number of aryl methyl sites for hydroxylation is 3. The van der Waals surface area contributed by atoms with E-state index in [1.165, 1.54) is 35.1 Å². The molecule has 4 rings (SSSR count). The molecule has 3 heteroatoms. The highest BCUT2D eigenvalue weighted by Crippen LogP contribution is 2.34. The molecular weight excluding hydrogens is 296 g/mol. The summed E-state index contributed by atoms with van der Waals surface area (Å²) < 4.78 is 0. The van der Waals surface area contributed by atoms with Crippen LogP contribution < -0.4 is 5.32 Å². The highest BCUT2D eigenvalue weighted by molar-refractivity contribution is 5.92. The van der Waals surface area contributed by atoms with E-state index in [1.54, 1.807) is 0 Å². The van der Waals surface area contributed by atoms with Crippen LogP contribution in [0.25, 0.3) is 0 Å². The van der Waals surface area contributed by atoms with E-state index >= 15 is 0 Å². The summed E-state index contributed by atoms with van der Waals surface area (Å²) in [5.74, 6) is 0.0693. The lowest BCUT2D eigenvalue weighted by molar-refractivity contribution is -0.117. The molecule has 0 heterocycles. The van der Waals surface area contributed by atoms with Crippen LogP contribution in [0, 0.1) is 0 Å². The molecule has 0 radical (unpaired) electrons. The van der Waals surface area contributed by atoms with Crippen LogP contribution in [0.3, 0.4) is 0 Å². The molecule has 3 nitrogen and oxygen atoms in total. The molecule has 0 aliphatic heterocycles. The van der Waals surface area contributed by atoms with Crippen LogP contribution in [0.1, 0.15) is 41.1 Å². The van der Waals surface area contributed by atoms with Gasteiger partial charge in [0.25, 0.3) is 0 Å². The van der Waals surface area contributed by atoms with E-state index in [1.807, 2.05) is 6.07 Å². The first kappa shape index (κ1) is 15.4. The van der Waals surface area contributed by atoms with Gasteiger partial charge in [0.15, 0.2) is 0 Å². The number of likely N-dealkylation sites (N-methyl/N-ethyl adjacent to an activating group) is 1. The first-order valence-corrected chi connectivity index (χ1v) is 8.90. The zero-order valence-electron chi connectivity index (χ0n) is 14.2. The molecule has 0 bridgehead atoms. The van der Waals surface area contributed by atoms with Crippen LogP contribution in [-0.2, 0) is 24.1 Å².